The minimum absolute atomic E-state index is 0.147. The van der Waals surface area contributed by atoms with Gasteiger partial charge in [0.2, 0.25) is 5.28 Å². The summed E-state index contributed by atoms with van der Waals surface area (Å²) in [5, 5.41) is 0.912. The van der Waals surface area contributed by atoms with E-state index in [0.717, 1.165) is 4.90 Å². The maximum absolute atomic E-state index is 5.69. The Hall–Kier alpha value is 0.300. The van der Waals surface area contributed by atoms with E-state index in [1.54, 1.807) is 6.20 Å². The lowest BCUT2D eigenvalue weighted by Crippen LogP contribution is -1.84. The number of alkyl halides is 1. The molecule has 0 aliphatic rings. The molecule has 0 atom stereocenters. The molecule has 1 rings (SSSR count). The van der Waals surface area contributed by atoms with Crippen LogP contribution < -0.4 is 0 Å². The molecule has 0 radical (unpaired) electrons. The van der Waals surface area contributed by atoms with E-state index in [9.17, 15) is 0 Å². The molecule has 0 aliphatic carbocycles. The second kappa shape index (κ2) is 4.36. The molecule has 0 amide bonds. The quantitative estimate of drug-likeness (QED) is 0.337. The van der Waals surface area contributed by atoms with Gasteiger partial charge in [-0.3, -0.25) is 0 Å². The largest absolute Gasteiger partial charge is 0.225 e. The van der Waals surface area contributed by atoms with Crippen LogP contribution in [0, 0.1) is 0 Å². The summed E-state index contributed by atoms with van der Waals surface area (Å²) in [5.74, 6) is 0. The van der Waals surface area contributed by atoms with Gasteiger partial charge in [-0.1, -0.05) is 11.6 Å². The van der Waals surface area contributed by atoms with Crippen LogP contribution in [0.5, 0.6) is 0 Å². The zero-order valence-corrected chi connectivity index (χ0v) is 8.31. The highest BCUT2D eigenvalue weighted by Gasteiger charge is 2.02. The summed E-state index contributed by atoms with van der Waals surface area (Å²) < 4.78 is 0. The van der Waals surface area contributed by atoms with E-state index in [0.29, 0.717) is 10.4 Å². The minimum Gasteiger partial charge on any atom is -0.225 e. The molecule has 1 heterocycles. The van der Waals surface area contributed by atoms with Gasteiger partial charge in [0, 0.05) is 6.20 Å². The Bertz CT molecular complexity index is 255. The summed E-state index contributed by atoms with van der Waals surface area (Å²) in [6.07, 6.45) is 1.55. The fraction of sp³-hybridized carbons (Fsp3) is 0.200. The molecule has 0 fully saturated rings. The first-order valence-corrected chi connectivity index (χ1v) is 4.88. The van der Waals surface area contributed by atoms with Crippen LogP contribution in [0.2, 0.25) is 10.4 Å². The topological polar surface area (TPSA) is 25.8 Å². The van der Waals surface area contributed by atoms with Gasteiger partial charge in [0.1, 0.15) is 5.15 Å². The molecule has 0 saturated carbocycles. The van der Waals surface area contributed by atoms with Crippen LogP contribution in [0.25, 0.3) is 0 Å². The molecular weight excluding hydrogens is 226 g/mol. The molecule has 1 aromatic rings. The Labute approximate surface area is 83.3 Å². The Kier molecular flexibility index (Phi) is 3.72. The van der Waals surface area contributed by atoms with Gasteiger partial charge in [-0.05, 0) is 11.6 Å². The van der Waals surface area contributed by atoms with E-state index in [1.165, 1.54) is 11.8 Å². The van der Waals surface area contributed by atoms with Crippen molar-refractivity contribution >= 4 is 46.6 Å². The number of hydrogen-bond acceptors (Lipinski definition) is 3. The normalized spacial score (nSPS) is 10.1. The predicted octanol–water partition coefficient (Wildman–Crippen LogP) is 3.07. The van der Waals surface area contributed by atoms with Crippen molar-refractivity contribution in [3.8, 4) is 0 Å². The Morgan fingerprint density at radius 1 is 1.45 bits per heavy atom. The predicted molar refractivity (Wildman–Crippen MR) is 48.6 cm³/mol. The van der Waals surface area contributed by atoms with Crippen LogP contribution in [-0.2, 0) is 0 Å². The second-order valence-corrected chi connectivity index (χ2v) is 3.84. The second-order valence-electron chi connectivity index (χ2n) is 1.55. The van der Waals surface area contributed by atoms with Gasteiger partial charge in [0.05, 0.1) is 10.1 Å². The van der Waals surface area contributed by atoms with Crippen LogP contribution >= 0.6 is 46.6 Å². The van der Waals surface area contributed by atoms with Crippen LogP contribution in [0.15, 0.2) is 11.1 Å². The molecule has 6 heteroatoms. The molecule has 60 valence electrons. The number of thioether (sulfide) groups is 1. The number of hydrogen-bond donors (Lipinski definition) is 0. The van der Waals surface area contributed by atoms with Crippen LogP contribution in [0.3, 0.4) is 0 Å². The van der Waals surface area contributed by atoms with E-state index in [2.05, 4.69) is 9.97 Å². The summed E-state index contributed by atoms with van der Waals surface area (Å²) >= 11 is 18.0. The van der Waals surface area contributed by atoms with Gasteiger partial charge in [0.15, 0.2) is 0 Å². The lowest BCUT2D eigenvalue weighted by molar-refractivity contribution is 1.10. The fourth-order valence-electron chi connectivity index (χ4n) is 0.486. The average molecular weight is 230 g/mol. The number of aromatic nitrogens is 2. The third kappa shape index (κ3) is 2.67. The zero-order valence-electron chi connectivity index (χ0n) is 5.22. The van der Waals surface area contributed by atoms with Crippen molar-refractivity contribution in [2.75, 3.05) is 5.21 Å². The molecule has 1 aromatic heterocycles. The van der Waals surface area contributed by atoms with Gasteiger partial charge in [-0.25, -0.2) is 9.97 Å². The van der Waals surface area contributed by atoms with Crippen molar-refractivity contribution in [1.82, 2.24) is 9.97 Å². The molecule has 0 spiro atoms. The molecular formula is C5H3Cl3N2S. The van der Waals surface area contributed by atoms with Crippen molar-refractivity contribution in [2.24, 2.45) is 0 Å². The average Bonchev–Trinajstić information content (AvgIpc) is 1.95. The SMILES string of the molecule is ClCSc1cnc(Cl)nc1Cl. The van der Waals surface area contributed by atoms with Crippen molar-refractivity contribution in [3.05, 3.63) is 16.6 Å². The smallest absolute Gasteiger partial charge is 0.223 e. The van der Waals surface area contributed by atoms with E-state index in [-0.39, 0.29) is 5.28 Å². The Morgan fingerprint density at radius 2 is 2.18 bits per heavy atom. The van der Waals surface area contributed by atoms with Gasteiger partial charge < -0.3 is 0 Å². The minimum atomic E-state index is 0.147. The van der Waals surface area contributed by atoms with Crippen molar-refractivity contribution in [3.63, 3.8) is 0 Å². The highest BCUT2D eigenvalue weighted by Crippen LogP contribution is 2.25. The maximum atomic E-state index is 5.69. The summed E-state index contributed by atoms with van der Waals surface area (Å²) in [6.45, 7) is 0. The first kappa shape index (κ1) is 9.39. The maximum Gasteiger partial charge on any atom is 0.223 e. The third-order valence-corrected chi connectivity index (χ3v) is 2.52. The number of rotatable bonds is 2. The molecule has 0 N–H and O–H groups in total. The summed E-state index contributed by atoms with van der Waals surface area (Å²) in [5.41, 5.74) is 0. The molecule has 0 aromatic carbocycles. The fourth-order valence-corrected chi connectivity index (χ4v) is 1.72. The summed E-state index contributed by atoms with van der Waals surface area (Å²) in [7, 11) is 0. The number of nitrogens with zero attached hydrogens (tertiary/aromatic N) is 2. The zero-order chi connectivity index (χ0) is 8.27. The van der Waals surface area contributed by atoms with Gasteiger partial charge in [0.25, 0.3) is 0 Å². The van der Waals surface area contributed by atoms with Gasteiger partial charge in [-0.2, -0.15) is 0 Å². The van der Waals surface area contributed by atoms with Crippen molar-refractivity contribution < 1.29 is 0 Å². The molecule has 0 unspecified atom stereocenters. The lowest BCUT2D eigenvalue weighted by atomic mass is 10.7. The first-order valence-electron chi connectivity index (χ1n) is 2.61. The number of halogens is 3. The van der Waals surface area contributed by atoms with Gasteiger partial charge >= 0.3 is 0 Å². The summed E-state index contributed by atoms with van der Waals surface area (Å²) in [4.78, 5) is 8.22. The monoisotopic (exact) mass is 228 g/mol. The first-order chi connectivity index (χ1) is 5.24. The van der Waals surface area contributed by atoms with Crippen molar-refractivity contribution in [1.29, 1.82) is 0 Å². The molecule has 2 nitrogen and oxygen atoms in total. The van der Waals surface area contributed by atoms with Crippen LogP contribution in [0.4, 0.5) is 0 Å². The molecule has 11 heavy (non-hydrogen) atoms. The van der Waals surface area contributed by atoms with E-state index < -0.39 is 0 Å². The Morgan fingerprint density at radius 3 is 2.73 bits per heavy atom. The van der Waals surface area contributed by atoms with Gasteiger partial charge in [-0.15, -0.1) is 23.4 Å². The van der Waals surface area contributed by atoms with E-state index in [4.69, 9.17) is 34.8 Å². The molecule has 0 bridgehead atoms. The van der Waals surface area contributed by atoms with Crippen LogP contribution in [-0.4, -0.2) is 15.2 Å². The van der Waals surface area contributed by atoms with Crippen LogP contribution in [0.1, 0.15) is 0 Å². The van der Waals surface area contributed by atoms with E-state index in [1.807, 2.05) is 0 Å². The highest BCUT2D eigenvalue weighted by molar-refractivity contribution is 8.00. The highest BCUT2D eigenvalue weighted by atomic mass is 35.5. The van der Waals surface area contributed by atoms with Crippen molar-refractivity contribution in [2.45, 2.75) is 4.90 Å². The lowest BCUT2D eigenvalue weighted by Gasteiger charge is -1.98. The summed E-state index contributed by atoms with van der Waals surface area (Å²) in [6, 6.07) is 0. The molecule has 0 saturated heterocycles. The third-order valence-electron chi connectivity index (χ3n) is 0.892. The Balaban J connectivity index is 2.90. The van der Waals surface area contributed by atoms with E-state index >= 15 is 0 Å². The molecule has 0 aliphatic heterocycles. The standard InChI is InChI=1S/C5H3Cl3N2S/c6-2-11-3-1-9-5(8)10-4(3)7/h1H,2H2.